The van der Waals surface area contributed by atoms with Crippen molar-refractivity contribution in [3.8, 4) is 0 Å². The fraction of sp³-hybridized carbons (Fsp3) is 0.923. The molecule has 1 aliphatic heterocycles. The summed E-state index contributed by atoms with van der Waals surface area (Å²) in [4.78, 5) is 6.76. The highest BCUT2D eigenvalue weighted by atomic mass is 19.1. The zero-order chi connectivity index (χ0) is 13.1. The fourth-order valence-corrected chi connectivity index (χ4v) is 2.04. The molecule has 0 saturated carbocycles. The lowest BCUT2D eigenvalue weighted by Crippen LogP contribution is -2.72. The first-order valence-corrected chi connectivity index (χ1v) is 6.48. The number of nitrogens with zero attached hydrogens (tertiary/aromatic N) is 2. The van der Waals surface area contributed by atoms with Crippen LogP contribution in [-0.2, 0) is 0 Å². The number of rotatable bonds is 4. The summed E-state index contributed by atoms with van der Waals surface area (Å²) < 4.78 is 12.1. The molecule has 0 bridgehead atoms. The van der Waals surface area contributed by atoms with E-state index in [1.54, 1.807) is 0 Å². The maximum atomic E-state index is 12.1. The second-order valence-corrected chi connectivity index (χ2v) is 5.81. The smallest absolute Gasteiger partial charge is 0.194 e. The minimum Gasteiger partial charge on any atom is -0.356 e. The molecule has 0 atom stereocenters. The summed E-state index contributed by atoms with van der Waals surface area (Å²) in [5.74, 6) is 0.922. The molecule has 0 radical (unpaired) electrons. The summed E-state index contributed by atoms with van der Waals surface area (Å²) in [6.07, 6.45) is 0.507. The predicted molar refractivity (Wildman–Crippen MR) is 71.1 cm³/mol. The van der Waals surface area contributed by atoms with Crippen LogP contribution in [0.4, 0.5) is 4.39 Å². The van der Waals surface area contributed by atoms with Crippen LogP contribution in [0.2, 0.25) is 0 Å². The number of hydrogen-bond donors (Lipinski definition) is 1. The molecule has 1 aliphatic rings. The van der Waals surface area contributed by atoms with E-state index >= 15 is 0 Å². The van der Waals surface area contributed by atoms with Gasteiger partial charge in [-0.1, -0.05) is 13.8 Å². The summed E-state index contributed by atoms with van der Waals surface area (Å²) in [5, 5.41) is 3.29. The maximum absolute atomic E-state index is 12.1. The van der Waals surface area contributed by atoms with Crippen LogP contribution in [-0.4, -0.2) is 42.7 Å². The van der Waals surface area contributed by atoms with Gasteiger partial charge in [-0.2, -0.15) is 0 Å². The van der Waals surface area contributed by atoms with Crippen LogP contribution in [0.5, 0.6) is 0 Å². The Morgan fingerprint density at radius 2 is 2.00 bits per heavy atom. The van der Waals surface area contributed by atoms with Gasteiger partial charge in [0, 0.05) is 30.6 Å². The Kier molecular flexibility index (Phi) is 4.39. The van der Waals surface area contributed by atoms with Gasteiger partial charge >= 0.3 is 0 Å². The highest BCUT2D eigenvalue weighted by Crippen LogP contribution is 2.46. The Balaban J connectivity index is 2.70. The van der Waals surface area contributed by atoms with E-state index in [-0.39, 0.29) is 12.2 Å². The van der Waals surface area contributed by atoms with E-state index in [2.05, 4.69) is 49.8 Å². The normalized spacial score (nSPS) is 22.2. The van der Waals surface area contributed by atoms with Crippen LogP contribution >= 0.6 is 0 Å². The number of halogens is 1. The van der Waals surface area contributed by atoms with Crippen molar-refractivity contribution in [2.24, 2.45) is 10.4 Å². The lowest BCUT2D eigenvalue weighted by molar-refractivity contribution is -0.0667. The van der Waals surface area contributed by atoms with E-state index < -0.39 is 0 Å². The molecule has 100 valence electrons. The molecule has 0 aromatic carbocycles. The SMILES string of the molecule is CCNC(=NCCCF)N1CC(C)(C)C1(C)C. The Bertz CT molecular complexity index is 284. The summed E-state index contributed by atoms with van der Waals surface area (Å²) in [6, 6.07) is 0. The topological polar surface area (TPSA) is 27.6 Å². The van der Waals surface area contributed by atoms with Gasteiger partial charge in [0.15, 0.2) is 5.96 Å². The largest absolute Gasteiger partial charge is 0.356 e. The molecule has 1 saturated heterocycles. The molecule has 1 heterocycles. The first-order chi connectivity index (χ1) is 7.86. The first-order valence-electron chi connectivity index (χ1n) is 6.48. The zero-order valence-corrected chi connectivity index (χ0v) is 11.8. The molecule has 0 aliphatic carbocycles. The Morgan fingerprint density at radius 3 is 2.41 bits per heavy atom. The minimum atomic E-state index is -0.294. The molecule has 0 aromatic rings. The van der Waals surface area contributed by atoms with Crippen LogP contribution in [0.1, 0.15) is 41.0 Å². The number of aliphatic imine (C=N–C) groups is 1. The third-order valence-electron chi connectivity index (χ3n) is 4.03. The summed E-state index contributed by atoms with van der Waals surface area (Å²) in [7, 11) is 0. The number of alkyl halides is 1. The highest BCUT2D eigenvalue weighted by Gasteiger charge is 2.53. The fourth-order valence-electron chi connectivity index (χ4n) is 2.04. The van der Waals surface area contributed by atoms with Crippen molar-refractivity contribution in [2.45, 2.75) is 46.6 Å². The zero-order valence-electron chi connectivity index (χ0n) is 11.8. The van der Waals surface area contributed by atoms with E-state index in [0.717, 1.165) is 19.0 Å². The van der Waals surface area contributed by atoms with Crippen molar-refractivity contribution in [3.05, 3.63) is 0 Å². The van der Waals surface area contributed by atoms with Crippen LogP contribution in [0.25, 0.3) is 0 Å². The summed E-state index contributed by atoms with van der Waals surface area (Å²) in [6.45, 7) is 13.2. The van der Waals surface area contributed by atoms with Crippen molar-refractivity contribution in [3.63, 3.8) is 0 Å². The lowest BCUT2D eigenvalue weighted by Gasteiger charge is -2.62. The van der Waals surface area contributed by atoms with Gasteiger partial charge in [-0.15, -0.1) is 0 Å². The predicted octanol–water partition coefficient (Wildman–Crippen LogP) is 2.43. The summed E-state index contributed by atoms with van der Waals surface area (Å²) >= 11 is 0. The molecule has 0 amide bonds. The molecule has 0 unspecified atom stereocenters. The molecule has 0 spiro atoms. The number of guanidine groups is 1. The highest BCUT2D eigenvalue weighted by molar-refractivity contribution is 5.82. The van der Waals surface area contributed by atoms with E-state index in [9.17, 15) is 4.39 Å². The molecular formula is C13H26FN3. The quantitative estimate of drug-likeness (QED) is 0.466. The van der Waals surface area contributed by atoms with E-state index in [1.807, 2.05) is 0 Å². The molecular weight excluding hydrogens is 217 g/mol. The second kappa shape index (κ2) is 5.23. The van der Waals surface area contributed by atoms with E-state index in [0.29, 0.717) is 18.4 Å². The van der Waals surface area contributed by atoms with Gasteiger partial charge in [-0.3, -0.25) is 9.38 Å². The maximum Gasteiger partial charge on any atom is 0.194 e. The summed E-state index contributed by atoms with van der Waals surface area (Å²) in [5.41, 5.74) is 0.396. The van der Waals surface area contributed by atoms with Crippen molar-refractivity contribution in [1.82, 2.24) is 10.2 Å². The van der Waals surface area contributed by atoms with Crippen LogP contribution in [0.3, 0.4) is 0 Å². The molecule has 1 N–H and O–H groups in total. The van der Waals surface area contributed by atoms with Crippen molar-refractivity contribution in [1.29, 1.82) is 0 Å². The van der Waals surface area contributed by atoms with Gasteiger partial charge in [0.25, 0.3) is 0 Å². The van der Waals surface area contributed by atoms with E-state index in [4.69, 9.17) is 0 Å². The molecule has 17 heavy (non-hydrogen) atoms. The molecule has 1 fully saturated rings. The Hall–Kier alpha value is -0.800. The molecule has 0 aromatic heterocycles. The van der Waals surface area contributed by atoms with Gasteiger partial charge in [-0.25, -0.2) is 0 Å². The molecule has 4 heteroatoms. The minimum absolute atomic E-state index is 0.101. The number of hydrogen-bond acceptors (Lipinski definition) is 1. The van der Waals surface area contributed by atoms with Crippen LogP contribution < -0.4 is 5.32 Å². The Morgan fingerprint density at radius 1 is 1.35 bits per heavy atom. The van der Waals surface area contributed by atoms with Crippen LogP contribution in [0, 0.1) is 5.41 Å². The van der Waals surface area contributed by atoms with Crippen molar-refractivity contribution in [2.75, 3.05) is 26.3 Å². The second-order valence-electron chi connectivity index (χ2n) is 5.81. The number of nitrogens with one attached hydrogen (secondary N) is 1. The first kappa shape index (κ1) is 14.3. The third-order valence-corrected chi connectivity index (χ3v) is 4.03. The van der Waals surface area contributed by atoms with Crippen LogP contribution in [0.15, 0.2) is 4.99 Å². The van der Waals surface area contributed by atoms with Gasteiger partial charge in [0.1, 0.15) is 0 Å². The molecule has 3 nitrogen and oxygen atoms in total. The monoisotopic (exact) mass is 243 g/mol. The average molecular weight is 243 g/mol. The Labute approximate surface area is 104 Å². The van der Waals surface area contributed by atoms with Gasteiger partial charge in [0.05, 0.1) is 6.67 Å². The van der Waals surface area contributed by atoms with Crippen molar-refractivity contribution < 1.29 is 4.39 Å². The molecule has 1 rings (SSSR count). The van der Waals surface area contributed by atoms with Gasteiger partial charge in [-0.05, 0) is 27.2 Å². The van der Waals surface area contributed by atoms with Gasteiger partial charge in [0.2, 0.25) is 0 Å². The standard InChI is InChI=1S/C13H26FN3/c1-6-15-11(16-9-7-8-14)17-10-12(2,3)13(17,4)5/h6-10H2,1-5H3,(H,15,16). The van der Waals surface area contributed by atoms with Crippen molar-refractivity contribution >= 4 is 5.96 Å². The van der Waals surface area contributed by atoms with E-state index in [1.165, 1.54) is 0 Å². The average Bonchev–Trinajstić information content (AvgIpc) is 2.25. The third kappa shape index (κ3) is 2.72. The number of likely N-dealkylation sites (tertiary alicyclic amines) is 1. The lowest BCUT2D eigenvalue weighted by atomic mass is 9.65. The van der Waals surface area contributed by atoms with Gasteiger partial charge < -0.3 is 10.2 Å².